The molecule has 2 rings (SSSR count). The number of nitrogens with zero attached hydrogens (tertiary/aromatic N) is 2. The molecule has 1 aliphatic carbocycles. The van der Waals surface area contributed by atoms with E-state index in [1.54, 1.807) is 7.05 Å². The van der Waals surface area contributed by atoms with Gasteiger partial charge in [-0.25, -0.2) is 8.42 Å². The molecule has 0 radical (unpaired) electrons. The third kappa shape index (κ3) is 9.13. The molecule has 0 bridgehead atoms. The number of ether oxygens (including phenoxy) is 1. The van der Waals surface area contributed by atoms with Crippen LogP contribution in [0.3, 0.4) is 0 Å². The summed E-state index contributed by atoms with van der Waals surface area (Å²) in [4.78, 5) is 7.06. The van der Waals surface area contributed by atoms with Gasteiger partial charge < -0.3 is 15.4 Å². The van der Waals surface area contributed by atoms with Crippen LogP contribution in [0.4, 0.5) is 0 Å². The van der Waals surface area contributed by atoms with Gasteiger partial charge in [0.1, 0.15) is 9.84 Å². The summed E-state index contributed by atoms with van der Waals surface area (Å²) in [7, 11) is -1.17. The number of nitrogens with one attached hydrogen (secondary N) is 2. The van der Waals surface area contributed by atoms with E-state index in [0.29, 0.717) is 13.2 Å². The number of likely N-dealkylation sites (tertiary alicyclic amines) is 1. The standard InChI is InChI=1S/C19H38N4O3S.HI/c1-20-18(21-11-14-26-15-16-27(2,24)25)22-17-19(9-5-3-6-10-19)23-12-7-4-8-13-23;/h3-17H2,1-2H3,(H2,20,21,22);1H. The summed E-state index contributed by atoms with van der Waals surface area (Å²) < 4.78 is 27.6. The minimum absolute atomic E-state index is 0. The quantitative estimate of drug-likeness (QED) is 0.206. The van der Waals surface area contributed by atoms with Gasteiger partial charge in [0.05, 0.1) is 19.0 Å². The van der Waals surface area contributed by atoms with Crippen LogP contribution in [0.25, 0.3) is 0 Å². The highest BCUT2D eigenvalue weighted by atomic mass is 127. The van der Waals surface area contributed by atoms with Crippen LogP contribution >= 0.6 is 24.0 Å². The molecule has 2 N–H and O–H groups in total. The van der Waals surface area contributed by atoms with Crippen molar-refractivity contribution in [1.82, 2.24) is 15.5 Å². The van der Waals surface area contributed by atoms with E-state index < -0.39 is 9.84 Å². The van der Waals surface area contributed by atoms with Crippen molar-refractivity contribution < 1.29 is 13.2 Å². The molecule has 1 saturated carbocycles. The minimum Gasteiger partial charge on any atom is -0.379 e. The molecule has 1 saturated heterocycles. The van der Waals surface area contributed by atoms with Crippen molar-refractivity contribution in [3.63, 3.8) is 0 Å². The fourth-order valence-corrected chi connectivity index (χ4v) is 4.63. The molecule has 0 amide bonds. The Kier molecular flexibility index (Phi) is 12.2. The normalized spacial score (nSPS) is 21.0. The van der Waals surface area contributed by atoms with Crippen molar-refractivity contribution in [3.8, 4) is 0 Å². The summed E-state index contributed by atoms with van der Waals surface area (Å²) in [6.07, 6.45) is 11.8. The summed E-state index contributed by atoms with van der Waals surface area (Å²) in [6, 6.07) is 0. The lowest BCUT2D eigenvalue weighted by Gasteiger charge is -2.48. The zero-order valence-electron chi connectivity index (χ0n) is 17.5. The number of guanidine groups is 1. The van der Waals surface area contributed by atoms with E-state index >= 15 is 0 Å². The number of piperidine rings is 1. The van der Waals surface area contributed by atoms with Crippen LogP contribution in [-0.4, -0.2) is 83.3 Å². The molecule has 0 spiro atoms. The van der Waals surface area contributed by atoms with E-state index in [9.17, 15) is 8.42 Å². The molecule has 166 valence electrons. The van der Waals surface area contributed by atoms with Gasteiger partial charge in [-0.05, 0) is 38.8 Å². The third-order valence-electron chi connectivity index (χ3n) is 5.76. The second-order valence-electron chi connectivity index (χ2n) is 7.93. The van der Waals surface area contributed by atoms with Crippen LogP contribution in [-0.2, 0) is 14.6 Å². The molecule has 0 aromatic heterocycles. The van der Waals surface area contributed by atoms with Gasteiger partial charge in [-0.15, -0.1) is 24.0 Å². The topological polar surface area (TPSA) is 83.0 Å². The highest BCUT2D eigenvalue weighted by Crippen LogP contribution is 2.35. The van der Waals surface area contributed by atoms with Gasteiger partial charge >= 0.3 is 0 Å². The number of aliphatic imine (C=N–C) groups is 1. The van der Waals surface area contributed by atoms with Gasteiger partial charge in [-0.2, -0.15) is 0 Å². The van der Waals surface area contributed by atoms with Crippen molar-refractivity contribution in [2.75, 3.05) is 58.4 Å². The van der Waals surface area contributed by atoms with E-state index in [1.165, 1.54) is 70.7 Å². The predicted molar refractivity (Wildman–Crippen MR) is 127 cm³/mol. The molecule has 1 heterocycles. The smallest absolute Gasteiger partial charge is 0.191 e. The average Bonchev–Trinajstić information content (AvgIpc) is 2.67. The van der Waals surface area contributed by atoms with Gasteiger partial charge in [-0.3, -0.25) is 9.89 Å². The fourth-order valence-electron chi connectivity index (χ4n) is 4.21. The van der Waals surface area contributed by atoms with Crippen molar-refractivity contribution in [2.45, 2.75) is 56.9 Å². The van der Waals surface area contributed by atoms with Crippen molar-refractivity contribution in [2.24, 2.45) is 4.99 Å². The lowest BCUT2D eigenvalue weighted by molar-refractivity contribution is 0.0368. The van der Waals surface area contributed by atoms with E-state index in [4.69, 9.17) is 4.74 Å². The summed E-state index contributed by atoms with van der Waals surface area (Å²) >= 11 is 0. The van der Waals surface area contributed by atoms with Crippen molar-refractivity contribution in [1.29, 1.82) is 0 Å². The van der Waals surface area contributed by atoms with Crippen LogP contribution < -0.4 is 10.6 Å². The van der Waals surface area contributed by atoms with E-state index in [2.05, 4.69) is 20.5 Å². The Balaban J connectivity index is 0.00000392. The zero-order chi connectivity index (χ0) is 19.6. The first kappa shape index (κ1) is 25.9. The molecule has 7 nitrogen and oxygen atoms in total. The molecule has 1 aliphatic heterocycles. The maximum Gasteiger partial charge on any atom is 0.191 e. The van der Waals surface area contributed by atoms with Gasteiger partial charge in [-0.1, -0.05) is 25.7 Å². The van der Waals surface area contributed by atoms with E-state index in [1.807, 2.05) is 0 Å². The third-order valence-corrected chi connectivity index (χ3v) is 6.67. The summed E-state index contributed by atoms with van der Waals surface area (Å²) in [5, 5.41) is 6.81. The Bertz CT molecular complexity index is 560. The Morgan fingerprint density at radius 1 is 1.04 bits per heavy atom. The molecular formula is C19H39IN4O3S. The second-order valence-corrected chi connectivity index (χ2v) is 10.2. The predicted octanol–water partition coefficient (Wildman–Crippen LogP) is 2.02. The Hall–Kier alpha value is -0.130. The van der Waals surface area contributed by atoms with Crippen molar-refractivity contribution >= 4 is 39.8 Å². The molecular weight excluding hydrogens is 491 g/mol. The van der Waals surface area contributed by atoms with Crippen LogP contribution in [0.2, 0.25) is 0 Å². The van der Waals surface area contributed by atoms with Crippen LogP contribution in [0, 0.1) is 0 Å². The zero-order valence-corrected chi connectivity index (χ0v) is 20.7. The van der Waals surface area contributed by atoms with Crippen LogP contribution in [0.15, 0.2) is 4.99 Å². The van der Waals surface area contributed by atoms with Gasteiger partial charge in [0.25, 0.3) is 0 Å². The van der Waals surface area contributed by atoms with Gasteiger partial charge in [0.15, 0.2) is 5.96 Å². The fraction of sp³-hybridized carbons (Fsp3) is 0.947. The first-order valence-corrected chi connectivity index (χ1v) is 12.5. The summed E-state index contributed by atoms with van der Waals surface area (Å²) in [5.41, 5.74) is 0.266. The maximum absolute atomic E-state index is 11.1. The Morgan fingerprint density at radius 3 is 2.29 bits per heavy atom. The number of sulfone groups is 1. The first-order valence-electron chi connectivity index (χ1n) is 10.4. The minimum atomic E-state index is -2.96. The SMILES string of the molecule is CN=C(NCCOCCS(C)(=O)=O)NCC1(N2CCCCC2)CCCCC1.I. The Labute approximate surface area is 188 Å². The highest BCUT2D eigenvalue weighted by molar-refractivity contribution is 14.0. The molecule has 0 aromatic rings. The first-order chi connectivity index (χ1) is 13.0. The number of rotatable bonds is 9. The molecule has 0 aromatic carbocycles. The second kappa shape index (κ2) is 13.2. The maximum atomic E-state index is 11.1. The van der Waals surface area contributed by atoms with E-state index in [0.717, 1.165) is 12.5 Å². The lowest BCUT2D eigenvalue weighted by Crippen LogP contribution is -2.59. The van der Waals surface area contributed by atoms with Gasteiger partial charge in [0, 0.05) is 31.9 Å². The van der Waals surface area contributed by atoms with E-state index in [-0.39, 0.29) is 41.9 Å². The number of hydrogen-bond acceptors (Lipinski definition) is 5. The molecule has 2 aliphatic rings. The monoisotopic (exact) mass is 530 g/mol. The van der Waals surface area contributed by atoms with Crippen LogP contribution in [0.1, 0.15) is 51.4 Å². The Morgan fingerprint density at radius 2 is 1.68 bits per heavy atom. The number of hydrogen-bond donors (Lipinski definition) is 2. The summed E-state index contributed by atoms with van der Waals surface area (Å²) in [6.45, 7) is 4.70. The van der Waals surface area contributed by atoms with Crippen molar-refractivity contribution in [3.05, 3.63) is 0 Å². The summed E-state index contributed by atoms with van der Waals surface area (Å²) in [5.74, 6) is 0.863. The highest BCUT2D eigenvalue weighted by Gasteiger charge is 2.38. The molecule has 28 heavy (non-hydrogen) atoms. The molecule has 2 fully saturated rings. The van der Waals surface area contributed by atoms with Gasteiger partial charge in [0.2, 0.25) is 0 Å². The molecule has 0 unspecified atom stereocenters. The van der Waals surface area contributed by atoms with Crippen LogP contribution in [0.5, 0.6) is 0 Å². The average molecular weight is 531 g/mol. The molecule has 0 atom stereocenters. The number of halogens is 1. The molecule has 9 heteroatoms. The lowest BCUT2D eigenvalue weighted by atomic mass is 9.79. The largest absolute Gasteiger partial charge is 0.379 e.